The summed E-state index contributed by atoms with van der Waals surface area (Å²) in [5, 5.41) is 15.1. The third kappa shape index (κ3) is 7.79. The largest absolute Gasteiger partial charge is 0.462 e. The fraction of sp³-hybridized carbons (Fsp3) is 0.486. The lowest BCUT2D eigenvalue weighted by atomic mass is 9.99. The molecule has 0 unspecified atom stereocenters. The minimum absolute atomic E-state index is 0.154. The zero-order valence-corrected chi connectivity index (χ0v) is 28.7. The quantitative estimate of drug-likeness (QED) is 0.184. The van der Waals surface area contributed by atoms with Gasteiger partial charge in [-0.2, -0.15) is 15.2 Å². The number of piperazine rings is 1. The van der Waals surface area contributed by atoms with Crippen LogP contribution in [-0.4, -0.2) is 110 Å². The molecule has 3 aromatic rings. The maximum Gasteiger partial charge on any atom is 0.330 e. The summed E-state index contributed by atoms with van der Waals surface area (Å²) in [6.07, 6.45) is 5.53. The molecule has 0 saturated carbocycles. The van der Waals surface area contributed by atoms with Gasteiger partial charge in [0.05, 0.1) is 30.8 Å². The van der Waals surface area contributed by atoms with Gasteiger partial charge in [0.1, 0.15) is 19.0 Å². The van der Waals surface area contributed by atoms with Crippen molar-refractivity contribution in [2.75, 3.05) is 76.4 Å². The Morgan fingerprint density at radius 3 is 2.67 bits per heavy atom. The molecule has 1 N–H and O–H groups in total. The average Bonchev–Trinajstić information content (AvgIpc) is 3.53. The number of likely N-dealkylation sites (N-methyl/N-ethyl adjacent to an activating group) is 2. The van der Waals surface area contributed by atoms with Gasteiger partial charge in [-0.25, -0.2) is 4.79 Å². The number of esters is 1. The summed E-state index contributed by atoms with van der Waals surface area (Å²) in [6, 6.07) is 15.4. The number of benzene rings is 2. The van der Waals surface area contributed by atoms with E-state index in [4.69, 9.17) is 19.4 Å². The van der Waals surface area contributed by atoms with E-state index in [9.17, 15) is 14.9 Å². The average molecular weight is 667 g/mol. The summed E-state index contributed by atoms with van der Waals surface area (Å²) in [7, 11) is 3.90. The van der Waals surface area contributed by atoms with Crippen molar-refractivity contribution < 1.29 is 19.1 Å². The van der Waals surface area contributed by atoms with E-state index in [1.807, 2.05) is 0 Å². The predicted octanol–water partition coefficient (Wildman–Crippen LogP) is 3.22. The van der Waals surface area contributed by atoms with Gasteiger partial charge in [-0.05, 0) is 63.8 Å². The number of nitrogens with zero attached hydrogens (tertiary/aromatic N) is 7. The van der Waals surface area contributed by atoms with Gasteiger partial charge in [0.2, 0.25) is 5.91 Å². The van der Waals surface area contributed by atoms with Crippen LogP contribution < -0.4 is 19.9 Å². The van der Waals surface area contributed by atoms with E-state index in [0.717, 1.165) is 55.5 Å². The second-order valence-electron chi connectivity index (χ2n) is 13.1. The number of nitrogens with one attached hydrogen (secondary N) is 1. The molecular formula is C37H46N8O4. The first-order valence-electron chi connectivity index (χ1n) is 17.2. The molecule has 0 bridgehead atoms. The van der Waals surface area contributed by atoms with Crippen LogP contribution in [0, 0.1) is 18.3 Å². The Balaban J connectivity index is 1.26. The fourth-order valence-corrected chi connectivity index (χ4v) is 7.20. The maximum atomic E-state index is 13.2. The van der Waals surface area contributed by atoms with Gasteiger partial charge in [0.15, 0.2) is 0 Å². The first-order chi connectivity index (χ1) is 23.9. The Morgan fingerprint density at radius 2 is 1.90 bits per heavy atom. The summed E-state index contributed by atoms with van der Waals surface area (Å²) < 4.78 is 11.4. The molecule has 3 aliphatic heterocycles. The van der Waals surface area contributed by atoms with Gasteiger partial charge in [0, 0.05) is 67.6 Å². The molecule has 258 valence electrons. The van der Waals surface area contributed by atoms with Crippen molar-refractivity contribution in [2.24, 2.45) is 0 Å². The third-order valence-corrected chi connectivity index (χ3v) is 9.88. The molecule has 3 aliphatic rings. The molecule has 2 fully saturated rings. The maximum absolute atomic E-state index is 13.2. The Bertz CT molecular complexity index is 1730. The van der Waals surface area contributed by atoms with Crippen LogP contribution in [0.1, 0.15) is 36.1 Å². The smallest absolute Gasteiger partial charge is 0.330 e. The number of carbonyl (C=O) groups excluding carboxylic acids is 2. The number of rotatable bonds is 11. The van der Waals surface area contributed by atoms with Gasteiger partial charge in [-0.15, -0.1) is 0 Å². The molecule has 4 heterocycles. The Hall–Kier alpha value is -4.73. The number of fused-ring (bicyclic) bond motifs is 2. The van der Waals surface area contributed by atoms with E-state index < -0.39 is 5.97 Å². The van der Waals surface area contributed by atoms with Crippen LogP contribution in [0.25, 0.3) is 10.8 Å². The Morgan fingerprint density at radius 1 is 1.06 bits per heavy atom. The molecule has 12 heteroatoms. The van der Waals surface area contributed by atoms with Gasteiger partial charge in [-0.1, -0.05) is 30.3 Å². The normalized spacial score (nSPS) is 19.7. The Kier molecular flexibility index (Phi) is 10.9. The van der Waals surface area contributed by atoms with E-state index in [-0.39, 0.29) is 25.0 Å². The van der Waals surface area contributed by atoms with Crippen LogP contribution >= 0.6 is 0 Å². The molecule has 0 spiro atoms. The minimum atomic E-state index is -0.573. The molecule has 1 amide bonds. The van der Waals surface area contributed by atoms with Crippen LogP contribution in [0.15, 0.2) is 48.6 Å². The minimum Gasteiger partial charge on any atom is -0.462 e. The van der Waals surface area contributed by atoms with Crippen molar-refractivity contribution >= 4 is 34.2 Å². The molecule has 49 heavy (non-hydrogen) atoms. The van der Waals surface area contributed by atoms with E-state index in [2.05, 4.69) is 76.5 Å². The van der Waals surface area contributed by atoms with Crippen LogP contribution in [0.2, 0.25) is 0 Å². The monoisotopic (exact) mass is 666 g/mol. The van der Waals surface area contributed by atoms with Gasteiger partial charge in [-0.3, -0.25) is 4.79 Å². The molecule has 1 aromatic heterocycles. The van der Waals surface area contributed by atoms with Crippen LogP contribution in [0.5, 0.6) is 6.01 Å². The van der Waals surface area contributed by atoms with Gasteiger partial charge < -0.3 is 34.4 Å². The second kappa shape index (κ2) is 15.7. The number of aryl methyl sites for hydroxylation is 1. The van der Waals surface area contributed by atoms with Crippen LogP contribution in [0.4, 0.5) is 11.5 Å². The standard InChI is InChI=1S/C37H46N8O4/c1-26-7-4-8-27-9-5-11-32(35(26)27)43-19-15-30-31(24-43)40-37(49-25-29-10-6-18-42(29)3)41-36(30)44-20-21-45(28(23-44)14-16-38)33(46)12-13-34(47)48-22-17-39-2/h4-5,7-9,11-13,28-29,39H,6,10,14-15,17-25H2,1-3H3/b13-12+/t28-,29-/m0/s1. The first kappa shape index (κ1) is 34.1. The third-order valence-electron chi connectivity index (χ3n) is 9.88. The number of ether oxygens (including phenoxy) is 2. The van der Waals surface area contributed by atoms with Crippen LogP contribution in [0.3, 0.4) is 0 Å². The second-order valence-corrected chi connectivity index (χ2v) is 13.1. The number of aromatic nitrogens is 2. The summed E-state index contributed by atoms with van der Waals surface area (Å²) in [6.45, 7) is 7.23. The number of anilines is 2. The topological polar surface area (TPSA) is 127 Å². The fourth-order valence-electron chi connectivity index (χ4n) is 7.20. The van der Waals surface area contributed by atoms with Crippen molar-refractivity contribution in [1.82, 2.24) is 25.1 Å². The lowest BCUT2D eigenvalue weighted by Crippen LogP contribution is -2.55. The Labute approximate surface area is 288 Å². The van der Waals surface area contributed by atoms with Crippen molar-refractivity contribution in [3.8, 4) is 12.1 Å². The molecular weight excluding hydrogens is 620 g/mol. The summed E-state index contributed by atoms with van der Waals surface area (Å²) in [5.41, 5.74) is 4.45. The van der Waals surface area contributed by atoms with E-state index in [1.54, 1.807) is 11.9 Å². The highest BCUT2D eigenvalue weighted by molar-refractivity contribution is 5.97. The zero-order chi connectivity index (χ0) is 34.3. The number of hydrogen-bond donors (Lipinski definition) is 1. The summed E-state index contributed by atoms with van der Waals surface area (Å²) in [5.74, 6) is -0.0798. The highest BCUT2D eigenvalue weighted by Crippen LogP contribution is 2.36. The van der Waals surface area contributed by atoms with Crippen molar-refractivity contribution in [1.29, 1.82) is 5.26 Å². The van der Waals surface area contributed by atoms with E-state index >= 15 is 0 Å². The van der Waals surface area contributed by atoms with E-state index in [0.29, 0.717) is 51.4 Å². The van der Waals surface area contributed by atoms with Crippen molar-refractivity contribution in [3.05, 3.63) is 65.4 Å². The van der Waals surface area contributed by atoms with Crippen molar-refractivity contribution in [2.45, 2.75) is 51.2 Å². The van der Waals surface area contributed by atoms with Gasteiger partial charge in [0.25, 0.3) is 0 Å². The molecule has 12 nitrogen and oxygen atoms in total. The highest BCUT2D eigenvalue weighted by atomic mass is 16.5. The number of nitriles is 1. The first-order valence-corrected chi connectivity index (χ1v) is 17.2. The SMILES string of the molecule is CNCCOC(=O)/C=C/C(=O)N1CCN(c2nc(OC[C@@H]3CCCN3C)nc3c2CCN(c2cccc4cccc(C)c24)C3)C[C@@H]1CC#N. The van der Waals surface area contributed by atoms with Crippen LogP contribution in [-0.2, 0) is 27.3 Å². The molecule has 2 saturated heterocycles. The number of amides is 1. The molecule has 0 radical (unpaired) electrons. The number of likely N-dealkylation sites (tertiary alicyclic amines) is 1. The van der Waals surface area contributed by atoms with E-state index in [1.165, 1.54) is 28.1 Å². The molecule has 2 aromatic carbocycles. The van der Waals surface area contributed by atoms with Gasteiger partial charge >= 0.3 is 12.0 Å². The number of hydrogen-bond acceptors (Lipinski definition) is 11. The molecule has 0 aliphatic carbocycles. The summed E-state index contributed by atoms with van der Waals surface area (Å²) in [4.78, 5) is 43.9. The molecule has 2 atom stereocenters. The lowest BCUT2D eigenvalue weighted by Gasteiger charge is -2.42. The lowest BCUT2D eigenvalue weighted by molar-refractivity contribution is -0.138. The summed E-state index contributed by atoms with van der Waals surface area (Å²) >= 11 is 0. The van der Waals surface area contributed by atoms with Crippen molar-refractivity contribution in [3.63, 3.8) is 0 Å². The zero-order valence-electron chi connectivity index (χ0n) is 28.7. The highest BCUT2D eigenvalue weighted by Gasteiger charge is 2.34. The molecule has 6 rings (SSSR count). The predicted molar refractivity (Wildman–Crippen MR) is 189 cm³/mol. The number of carbonyl (C=O) groups is 2.